The Labute approximate surface area is 96.5 Å². The summed E-state index contributed by atoms with van der Waals surface area (Å²) in [5.41, 5.74) is 6.65. The summed E-state index contributed by atoms with van der Waals surface area (Å²) in [5, 5.41) is 0. The van der Waals surface area contributed by atoms with E-state index in [0.29, 0.717) is 5.75 Å². The third kappa shape index (κ3) is 5.14. The second kappa shape index (κ2) is 4.43. The quantitative estimate of drug-likeness (QED) is 0.809. The molecule has 90 valence electrons. The largest absolute Gasteiger partial charge is 0.383 e. The van der Waals surface area contributed by atoms with E-state index in [2.05, 4.69) is 0 Å². The van der Waals surface area contributed by atoms with Gasteiger partial charge in [-0.3, -0.25) is 0 Å². The first-order valence-corrected chi connectivity index (χ1v) is 6.75. The van der Waals surface area contributed by atoms with Gasteiger partial charge in [-0.15, -0.1) is 0 Å². The van der Waals surface area contributed by atoms with E-state index in [1.807, 2.05) is 26.0 Å². The zero-order valence-electron chi connectivity index (χ0n) is 9.73. The maximum atomic E-state index is 10.9. The van der Waals surface area contributed by atoms with E-state index in [1.54, 1.807) is 12.1 Å². The molecule has 0 fully saturated rings. The molecule has 5 heteroatoms. The summed E-state index contributed by atoms with van der Waals surface area (Å²) in [6.45, 7) is 3.88. The van der Waals surface area contributed by atoms with Crippen LogP contribution in [0, 0.1) is 0 Å². The van der Waals surface area contributed by atoms with Crippen molar-refractivity contribution in [2.24, 2.45) is 5.73 Å². The highest BCUT2D eigenvalue weighted by Crippen LogP contribution is 2.16. The first-order chi connectivity index (χ1) is 7.16. The molecule has 0 aliphatic heterocycles. The molecule has 0 saturated heterocycles. The number of hydrogen-bond acceptors (Lipinski definition) is 4. The Balaban J connectivity index is 2.76. The van der Waals surface area contributed by atoms with Crippen LogP contribution in [-0.2, 0) is 16.5 Å². The Kier molecular flexibility index (Phi) is 3.60. The molecular formula is C11H17NO3S. The summed E-state index contributed by atoms with van der Waals surface area (Å²) in [7, 11) is -3.45. The van der Waals surface area contributed by atoms with Crippen molar-refractivity contribution in [2.75, 3.05) is 6.26 Å². The Hall–Kier alpha value is -1.07. The van der Waals surface area contributed by atoms with Crippen LogP contribution in [0.4, 0.5) is 0 Å². The lowest BCUT2D eigenvalue weighted by Gasteiger charge is -2.18. The second-order valence-corrected chi connectivity index (χ2v) is 6.17. The molecule has 0 atom stereocenters. The fraction of sp³-hybridized carbons (Fsp3) is 0.455. The minimum Gasteiger partial charge on any atom is -0.383 e. The van der Waals surface area contributed by atoms with Crippen LogP contribution >= 0.6 is 0 Å². The van der Waals surface area contributed by atoms with Crippen molar-refractivity contribution in [2.45, 2.75) is 25.8 Å². The van der Waals surface area contributed by atoms with Crippen molar-refractivity contribution in [1.29, 1.82) is 0 Å². The van der Waals surface area contributed by atoms with Crippen LogP contribution < -0.4 is 9.92 Å². The van der Waals surface area contributed by atoms with Gasteiger partial charge >= 0.3 is 10.1 Å². The van der Waals surface area contributed by atoms with Crippen molar-refractivity contribution in [3.05, 3.63) is 29.8 Å². The van der Waals surface area contributed by atoms with Crippen LogP contribution in [-0.4, -0.2) is 20.2 Å². The minimum absolute atomic E-state index is 0.279. The third-order valence-corrected chi connectivity index (χ3v) is 2.33. The van der Waals surface area contributed by atoms with Crippen LogP contribution in [0.1, 0.15) is 19.4 Å². The molecule has 0 radical (unpaired) electrons. The van der Waals surface area contributed by atoms with Crippen molar-refractivity contribution >= 4 is 10.1 Å². The van der Waals surface area contributed by atoms with Crippen LogP contribution in [0.25, 0.3) is 0 Å². The first kappa shape index (κ1) is 13.0. The molecule has 0 aromatic heterocycles. The zero-order valence-corrected chi connectivity index (χ0v) is 10.5. The van der Waals surface area contributed by atoms with Gasteiger partial charge in [0, 0.05) is 5.54 Å². The monoisotopic (exact) mass is 243 g/mol. The van der Waals surface area contributed by atoms with E-state index in [0.717, 1.165) is 18.2 Å². The third-order valence-electron chi connectivity index (χ3n) is 1.83. The molecule has 0 amide bonds. The van der Waals surface area contributed by atoms with Gasteiger partial charge in [0.15, 0.2) is 0 Å². The molecule has 1 aromatic carbocycles. The van der Waals surface area contributed by atoms with E-state index < -0.39 is 10.1 Å². The molecule has 1 aromatic rings. The van der Waals surface area contributed by atoms with E-state index in [1.165, 1.54) is 0 Å². The maximum Gasteiger partial charge on any atom is 0.306 e. The summed E-state index contributed by atoms with van der Waals surface area (Å²) < 4.78 is 26.5. The minimum atomic E-state index is -3.45. The van der Waals surface area contributed by atoms with Gasteiger partial charge in [-0.2, -0.15) is 8.42 Å². The Bertz CT molecular complexity index is 443. The van der Waals surface area contributed by atoms with Crippen molar-refractivity contribution < 1.29 is 12.6 Å². The van der Waals surface area contributed by atoms with Gasteiger partial charge in [-0.05, 0) is 38.0 Å². The molecule has 0 heterocycles. The topological polar surface area (TPSA) is 69.4 Å². The molecule has 0 unspecified atom stereocenters. The van der Waals surface area contributed by atoms with Gasteiger partial charge < -0.3 is 9.92 Å². The standard InChI is InChI=1S/C11H17NO3S/c1-11(2,12)8-9-4-6-10(7-5-9)15-16(3,13)14/h4-7H,8,12H2,1-3H3. The molecule has 1 rings (SSSR count). The Morgan fingerprint density at radius 2 is 1.75 bits per heavy atom. The second-order valence-electron chi connectivity index (χ2n) is 4.60. The lowest BCUT2D eigenvalue weighted by Crippen LogP contribution is -2.34. The fourth-order valence-corrected chi connectivity index (χ4v) is 1.82. The lowest BCUT2D eigenvalue weighted by atomic mass is 9.96. The van der Waals surface area contributed by atoms with Gasteiger partial charge in [0.2, 0.25) is 0 Å². The zero-order chi connectivity index (χ0) is 12.4. The highest BCUT2D eigenvalue weighted by molar-refractivity contribution is 7.86. The van der Waals surface area contributed by atoms with Gasteiger partial charge in [0.25, 0.3) is 0 Å². The van der Waals surface area contributed by atoms with Crippen LogP contribution in [0.15, 0.2) is 24.3 Å². The van der Waals surface area contributed by atoms with Gasteiger partial charge in [0.05, 0.1) is 6.26 Å². The maximum absolute atomic E-state index is 10.9. The van der Waals surface area contributed by atoms with E-state index in [9.17, 15) is 8.42 Å². The van der Waals surface area contributed by atoms with Crippen molar-refractivity contribution in [3.8, 4) is 5.75 Å². The molecule has 0 bridgehead atoms. The molecule has 0 saturated carbocycles. The number of rotatable bonds is 4. The highest BCUT2D eigenvalue weighted by Gasteiger charge is 2.11. The number of hydrogen-bond donors (Lipinski definition) is 1. The smallest absolute Gasteiger partial charge is 0.306 e. The summed E-state index contributed by atoms with van der Waals surface area (Å²) in [6.07, 6.45) is 1.75. The van der Waals surface area contributed by atoms with Gasteiger partial charge in [0.1, 0.15) is 5.75 Å². The molecular weight excluding hydrogens is 226 g/mol. The molecule has 0 aliphatic carbocycles. The normalized spacial score (nSPS) is 12.5. The Morgan fingerprint density at radius 1 is 1.25 bits per heavy atom. The average molecular weight is 243 g/mol. The molecule has 2 N–H and O–H groups in total. The predicted molar refractivity (Wildman–Crippen MR) is 63.9 cm³/mol. The molecule has 0 spiro atoms. The molecule has 4 nitrogen and oxygen atoms in total. The Morgan fingerprint density at radius 3 is 2.12 bits per heavy atom. The van der Waals surface area contributed by atoms with Crippen LogP contribution in [0.5, 0.6) is 5.75 Å². The van der Waals surface area contributed by atoms with Crippen LogP contribution in [0.2, 0.25) is 0 Å². The van der Waals surface area contributed by atoms with Crippen molar-refractivity contribution in [3.63, 3.8) is 0 Å². The number of benzene rings is 1. The van der Waals surface area contributed by atoms with E-state index >= 15 is 0 Å². The first-order valence-electron chi connectivity index (χ1n) is 4.93. The fourth-order valence-electron chi connectivity index (χ4n) is 1.36. The highest BCUT2D eigenvalue weighted by atomic mass is 32.2. The van der Waals surface area contributed by atoms with Crippen LogP contribution in [0.3, 0.4) is 0 Å². The summed E-state index contributed by atoms with van der Waals surface area (Å²) >= 11 is 0. The molecule has 0 aliphatic rings. The van der Waals surface area contributed by atoms with E-state index in [4.69, 9.17) is 9.92 Å². The SMILES string of the molecule is CC(C)(N)Cc1ccc(OS(C)(=O)=O)cc1. The summed E-state index contributed by atoms with van der Waals surface area (Å²) in [5.74, 6) is 0.320. The summed E-state index contributed by atoms with van der Waals surface area (Å²) in [4.78, 5) is 0. The summed E-state index contributed by atoms with van der Waals surface area (Å²) in [6, 6.07) is 6.88. The molecule has 16 heavy (non-hydrogen) atoms. The van der Waals surface area contributed by atoms with Crippen molar-refractivity contribution in [1.82, 2.24) is 0 Å². The lowest BCUT2D eigenvalue weighted by molar-refractivity contribution is 0.491. The van der Waals surface area contributed by atoms with E-state index in [-0.39, 0.29) is 5.54 Å². The van der Waals surface area contributed by atoms with Gasteiger partial charge in [-0.25, -0.2) is 0 Å². The predicted octanol–water partition coefficient (Wildman–Crippen LogP) is 1.30. The average Bonchev–Trinajstić information content (AvgIpc) is 2.03. The van der Waals surface area contributed by atoms with Gasteiger partial charge in [-0.1, -0.05) is 12.1 Å². The number of nitrogens with two attached hydrogens (primary N) is 1.